The molecule has 0 aliphatic heterocycles. The monoisotopic (exact) mass is 155 g/mol. The number of rotatable bonds is 2. The van der Waals surface area contributed by atoms with Crippen LogP contribution in [0.2, 0.25) is 0 Å². The molecule has 0 saturated carbocycles. The van der Waals surface area contributed by atoms with Crippen molar-refractivity contribution in [2.45, 2.75) is 6.67 Å². The molecule has 0 atom stereocenters. The molecule has 0 bridgehead atoms. The molecule has 11 heavy (non-hydrogen) atoms. The second-order valence-corrected chi connectivity index (χ2v) is 1.97. The number of aromatic nitrogens is 1. The lowest BCUT2D eigenvalue weighted by molar-refractivity contribution is 0.0694. The highest BCUT2D eigenvalue weighted by Gasteiger charge is 2.08. The largest absolute Gasteiger partial charge is 0.478 e. The molecule has 0 unspecified atom stereocenters. The predicted molar refractivity (Wildman–Crippen MR) is 36.0 cm³/mol. The van der Waals surface area contributed by atoms with Crippen LogP contribution >= 0.6 is 0 Å². The first-order valence-electron chi connectivity index (χ1n) is 2.98. The van der Waals surface area contributed by atoms with E-state index >= 15 is 0 Å². The predicted octanol–water partition coefficient (Wildman–Crippen LogP) is 1.25. The average molecular weight is 155 g/mol. The highest BCUT2D eigenvalue weighted by atomic mass is 19.1. The van der Waals surface area contributed by atoms with Crippen molar-refractivity contribution in [2.24, 2.45) is 0 Å². The summed E-state index contributed by atoms with van der Waals surface area (Å²) in [5.41, 5.74) is 0.0856. The first-order chi connectivity index (χ1) is 5.25. The molecule has 1 N–H and O–H groups in total. The summed E-state index contributed by atoms with van der Waals surface area (Å²) in [5.74, 6) is -1.15. The Kier molecular flexibility index (Phi) is 2.15. The number of carboxylic acids is 1. The van der Waals surface area contributed by atoms with Gasteiger partial charge in [-0.05, 0) is 6.07 Å². The van der Waals surface area contributed by atoms with Crippen molar-refractivity contribution in [3.05, 3.63) is 29.6 Å². The lowest BCUT2D eigenvalue weighted by atomic mass is 10.1. The number of carbonyl (C=O) groups is 1. The smallest absolute Gasteiger partial charge is 0.337 e. The average Bonchev–Trinajstić information content (AvgIpc) is 2.04. The van der Waals surface area contributed by atoms with Crippen molar-refractivity contribution in [2.75, 3.05) is 0 Å². The molecule has 1 heterocycles. The SMILES string of the molecule is O=C(O)c1cnccc1CF. The van der Waals surface area contributed by atoms with E-state index in [1.165, 1.54) is 12.3 Å². The molecule has 0 aromatic carbocycles. The number of hydrogen-bond acceptors (Lipinski definition) is 2. The quantitative estimate of drug-likeness (QED) is 0.699. The summed E-state index contributed by atoms with van der Waals surface area (Å²) in [4.78, 5) is 13.9. The van der Waals surface area contributed by atoms with E-state index in [1.54, 1.807) is 0 Å². The van der Waals surface area contributed by atoms with E-state index in [2.05, 4.69) is 4.98 Å². The van der Waals surface area contributed by atoms with Gasteiger partial charge in [0.2, 0.25) is 0 Å². The fraction of sp³-hybridized carbons (Fsp3) is 0.143. The molecule has 1 aromatic rings. The second kappa shape index (κ2) is 3.09. The molecule has 0 aliphatic carbocycles. The molecule has 4 heteroatoms. The number of nitrogens with zero attached hydrogens (tertiary/aromatic N) is 1. The van der Waals surface area contributed by atoms with Gasteiger partial charge in [0, 0.05) is 18.0 Å². The maximum atomic E-state index is 12.1. The molecule has 0 fully saturated rings. The number of pyridine rings is 1. The number of carboxylic acid groups (broad SMARTS) is 1. The Morgan fingerprint density at radius 1 is 1.73 bits per heavy atom. The molecule has 0 spiro atoms. The molecular weight excluding hydrogens is 149 g/mol. The van der Waals surface area contributed by atoms with Crippen LogP contribution in [0.5, 0.6) is 0 Å². The van der Waals surface area contributed by atoms with Crippen LogP contribution in [0.1, 0.15) is 15.9 Å². The molecule has 0 aliphatic rings. The fourth-order valence-corrected chi connectivity index (χ4v) is 0.732. The van der Waals surface area contributed by atoms with Crippen molar-refractivity contribution in [1.29, 1.82) is 0 Å². The third-order valence-electron chi connectivity index (χ3n) is 1.29. The van der Waals surface area contributed by atoms with Crippen molar-refractivity contribution >= 4 is 5.97 Å². The third-order valence-corrected chi connectivity index (χ3v) is 1.29. The van der Waals surface area contributed by atoms with Crippen molar-refractivity contribution in [1.82, 2.24) is 4.98 Å². The van der Waals surface area contributed by atoms with Gasteiger partial charge in [-0.1, -0.05) is 0 Å². The minimum atomic E-state index is -1.15. The van der Waals surface area contributed by atoms with Gasteiger partial charge in [0.15, 0.2) is 0 Å². The van der Waals surface area contributed by atoms with Gasteiger partial charge in [0.05, 0.1) is 5.56 Å². The zero-order valence-electron chi connectivity index (χ0n) is 5.62. The molecule has 0 amide bonds. The molecule has 1 rings (SSSR count). The number of halogens is 1. The van der Waals surface area contributed by atoms with Gasteiger partial charge in [-0.3, -0.25) is 4.98 Å². The Hall–Kier alpha value is -1.45. The molecule has 1 aromatic heterocycles. The summed E-state index contributed by atoms with van der Waals surface area (Å²) in [5, 5.41) is 8.49. The van der Waals surface area contributed by atoms with Gasteiger partial charge in [0.1, 0.15) is 6.67 Å². The van der Waals surface area contributed by atoms with Gasteiger partial charge < -0.3 is 5.11 Å². The van der Waals surface area contributed by atoms with Crippen LogP contribution in [-0.2, 0) is 6.67 Å². The van der Waals surface area contributed by atoms with E-state index in [0.717, 1.165) is 6.20 Å². The Balaban J connectivity index is 3.12. The summed E-state index contributed by atoms with van der Waals surface area (Å²) < 4.78 is 12.1. The maximum absolute atomic E-state index is 12.1. The molecule has 58 valence electrons. The molecular formula is C7H6FNO2. The van der Waals surface area contributed by atoms with Crippen molar-refractivity contribution in [3.8, 4) is 0 Å². The third kappa shape index (κ3) is 1.52. The Labute approximate surface area is 62.5 Å². The van der Waals surface area contributed by atoms with E-state index in [-0.39, 0.29) is 11.1 Å². The van der Waals surface area contributed by atoms with Gasteiger partial charge in [-0.15, -0.1) is 0 Å². The van der Waals surface area contributed by atoms with Crippen LogP contribution in [0.3, 0.4) is 0 Å². The van der Waals surface area contributed by atoms with E-state index in [9.17, 15) is 9.18 Å². The summed E-state index contributed by atoms with van der Waals surface area (Å²) in [6.07, 6.45) is 2.50. The van der Waals surface area contributed by atoms with E-state index in [4.69, 9.17) is 5.11 Å². The van der Waals surface area contributed by atoms with Gasteiger partial charge in [-0.25, -0.2) is 9.18 Å². The zero-order chi connectivity index (χ0) is 8.27. The van der Waals surface area contributed by atoms with Crippen LogP contribution in [0.4, 0.5) is 4.39 Å². The van der Waals surface area contributed by atoms with Crippen LogP contribution in [0.25, 0.3) is 0 Å². The Morgan fingerprint density at radius 3 is 2.91 bits per heavy atom. The number of alkyl halides is 1. The van der Waals surface area contributed by atoms with Crippen LogP contribution < -0.4 is 0 Å². The highest BCUT2D eigenvalue weighted by Crippen LogP contribution is 2.07. The van der Waals surface area contributed by atoms with Crippen molar-refractivity contribution in [3.63, 3.8) is 0 Å². The first kappa shape index (κ1) is 7.65. The number of aromatic carboxylic acids is 1. The van der Waals surface area contributed by atoms with E-state index in [1.807, 2.05) is 0 Å². The first-order valence-corrected chi connectivity index (χ1v) is 2.98. The standard InChI is InChI=1S/C7H6FNO2/c8-3-5-1-2-9-4-6(5)7(10)11/h1-2,4H,3H2,(H,10,11). The minimum absolute atomic E-state index is 0.0741. The molecule has 0 radical (unpaired) electrons. The van der Waals surface area contributed by atoms with Gasteiger partial charge in [-0.2, -0.15) is 0 Å². The lowest BCUT2D eigenvalue weighted by Gasteiger charge is -1.97. The van der Waals surface area contributed by atoms with Crippen LogP contribution in [0.15, 0.2) is 18.5 Å². The fourth-order valence-electron chi connectivity index (χ4n) is 0.732. The topological polar surface area (TPSA) is 50.2 Å². The van der Waals surface area contributed by atoms with Gasteiger partial charge in [0.25, 0.3) is 0 Å². The lowest BCUT2D eigenvalue weighted by Crippen LogP contribution is -2.01. The summed E-state index contributed by atoms with van der Waals surface area (Å²) >= 11 is 0. The van der Waals surface area contributed by atoms with E-state index < -0.39 is 12.6 Å². The summed E-state index contributed by atoms with van der Waals surface area (Å²) in [6.45, 7) is -0.774. The molecule has 0 saturated heterocycles. The second-order valence-electron chi connectivity index (χ2n) is 1.97. The highest BCUT2D eigenvalue weighted by molar-refractivity contribution is 5.88. The summed E-state index contributed by atoms with van der Waals surface area (Å²) in [6, 6.07) is 1.35. The van der Waals surface area contributed by atoms with Gasteiger partial charge >= 0.3 is 5.97 Å². The van der Waals surface area contributed by atoms with E-state index in [0.29, 0.717) is 0 Å². The van der Waals surface area contributed by atoms with Crippen LogP contribution in [-0.4, -0.2) is 16.1 Å². The minimum Gasteiger partial charge on any atom is -0.478 e. The van der Waals surface area contributed by atoms with Crippen molar-refractivity contribution < 1.29 is 14.3 Å². The number of hydrogen-bond donors (Lipinski definition) is 1. The van der Waals surface area contributed by atoms with Crippen LogP contribution in [0, 0.1) is 0 Å². The Morgan fingerprint density at radius 2 is 2.45 bits per heavy atom. The molecule has 3 nitrogen and oxygen atoms in total. The normalized spacial score (nSPS) is 9.55. The Bertz CT molecular complexity index is 275. The zero-order valence-corrected chi connectivity index (χ0v) is 5.62. The summed E-state index contributed by atoms with van der Waals surface area (Å²) in [7, 11) is 0. The maximum Gasteiger partial charge on any atom is 0.337 e.